The predicted octanol–water partition coefficient (Wildman–Crippen LogP) is 1.85. The molecule has 0 aliphatic carbocycles. The summed E-state index contributed by atoms with van der Waals surface area (Å²) in [6, 6.07) is 5.62. The molecule has 0 spiro atoms. The Kier molecular flexibility index (Phi) is 9.44. The summed E-state index contributed by atoms with van der Waals surface area (Å²) in [5.41, 5.74) is 6.36. The summed E-state index contributed by atoms with van der Waals surface area (Å²) in [6.07, 6.45) is -2.54. The van der Waals surface area contributed by atoms with E-state index in [0.717, 1.165) is 0 Å². The van der Waals surface area contributed by atoms with E-state index in [1.54, 1.807) is 45.0 Å². The van der Waals surface area contributed by atoms with E-state index in [0.29, 0.717) is 11.3 Å². The fourth-order valence-corrected chi connectivity index (χ4v) is 4.01. The molecule has 1 saturated heterocycles. The number of hydrogen-bond acceptors (Lipinski definition) is 8. The molecule has 1 heterocycles. The molecule has 3 N–H and O–H groups in total. The van der Waals surface area contributed by atoms with Crippen LogP contribution in [0.1, 0.15) is 32.8 Å². The number of aliphatic hydroxyl groups excluding tert-OH is 1. The molecule has 1 aliphatic rings. The van der Waals surface area contributed by atoms with Crippen LogP contribution in [0.25, 0.3) is 0 Å². The highest BCUT2D eigenvalue weighted by Gasteiger charge is 2.43. The lowest BCUT2D eigenvalue weighted by molar-refractivity contribution is -0.199. The van der Waals surface area contributed by atoms with Crippen molar-refractivity contribution < 1.29 is 33.9 Å². The van der Waals surface area contributed by atoms with Crippen molar-refractivity contribution in [2.24, 2.45) is 5.73 Å². The predicted molar refractivity (Wildman–Crippen MR) is 126 cm³/mol. The summed E-state index contributed by atoms with van der Waals surface area (Å²) in [7, 11) is 0. The minimum Gasteiger partial charge on any atom is -0.414 e. The van der Waals surface area contributed by atoms with E-state index < -0.39 is 48.0 Å². The molecule has 0 saturated carbocycles. The van der Waals surface area contributed by atoms with Crippen LogP contribution in [0.15, 0.2) is 24.3 Å². The lowest BCUT2D eigenvalue weighted by atomic mass is 10.0. The fourth-order valence-electron chi connectivity index (χ4n) is 3.43. The van der Waals surface area contributed by atoms with Crippen molar-refractivity contribution in [3.05, 3.63) is 29.8 Å². The summed E-state index contributed by atoms with van der Waals surface area (Å²) < 4.78 is 5.39. The standard InChI is InChI=1S/C22H30Cl2N3O7/c1-22(2,3)33-21(32)27(9-7-23,10-8-24)15-6-4-5-14(11-15)12-16(25)20(31)34-26-18(29)13-17(28)19(26)30/h4-6,11,16-17,28H,7-10,12-13,25H2,1-3H3/q+1/t16-,17?/m0/s1. The maximum absolute atomic E-state index is 13.2. The minimum absolute atomic E-state index is 0.0124. The maximum atomic E-state index is 13.2. The van der Waals surface area contributed by atoms with Gasteiger partial charge in [0.1, 0.15) is 36.5 Å². The number of imide groups is 1. The molecule has 34 heavy (non-hydrogen) atoms. The average molecular weight is 519 g/mol. The largest absolute Gasteiger partial charge is 0.521 e. The summed E-state index contributed by atoms with van der Waals surface area (Å²) in [5, 5.41) is 9.67. The molecule has 1 aromatic carbocycles. The SMILES string of the molecule is CC(C)(C)OC(=O)[N+](CCCl)(CCCl)c1cccc(C[C@H](N)C(=O)ON2C(=O)CC(O)C2=O)c1. The zero-order valence-corrected chi connectivity index (χ0v) is 20.8. The van der Waals surface area contributed by atoms with Crippen molar-refractivity contribution in [3.8, 4) is 0 Å². The number of quaternary nitrogens is 1. The topological polar surface area (TPSA) is 136 Å². The number of hydrogen-bond donors (Lipinski definition) is 2. The van der Waals surface area contributed by atoms with Gasteiger partial charge in [-0.05, 0) is 38.8 Å². The quantitative estimate of drug-likeness (QED) is 0.287. The van der Waals surface area contributed by atoms with Crippen LogP contribution in [-0.2, 0) is 30.4 Å². The number of amides is 3. The van der Waals surface area contributed by atoms with Crippen LogP contribution >= 0.6 is 23.2 Å². The molecule has 188 valence electrons. The Morgan fingerprint density at radius 3 is 2.35 bits per heavy atom. The molecule has 0 bridgehead atoms. The van der Waals surface area contributed by atoms with Gasteiger partial charge >= 0.3 is 12.1 Å². The normalized spacial score (nSPS) is 17.6. The molecule has 12 heteroatoms. The third kappa shape index (κ3) is 6.67. The summed E-state index contributed by atoms with van der Waals surface area (Å²) in [4.78, 5) is 53.9. The van der Waals surface area contributed by atoms with E-state index in [4.69, 9.17) is 38.5 Å². The number of benzene rings is 1. The van der Waals surface area contributed by atoms with Crippen molar-refractivity contribution in [2.75, 3.05) is 24.8 Å². The van der Waals surface area contributed by atoms with Gasteiger partial charge in [0.05, 0.1) is 18.2 Å². The van der Waals surface area contributed by atoms with Crippen LogP contribution in [0, 0.1) is 0 Å². The highest BCUT2D eigenvalue weighted by atomic mass is 35.5. The third-order valence-electron chi connectivity index (χ3n) is 5.10. The first-order valence-corrected chi connectivity index (χ1v) is 11.8. The van der Waals surface area contributed by atoms with Gasteiger partial charge in [0, 0.05) is 6.07 Å². The van der Waals surface area contributed by atoms with Crippen molar-refractivity contribution in [1.82, 2.24) is 9.55 Å². The molecule has 1 aromatic rings. The highest BCUT2D eigenvalue weighted by Crippen LogP contribution is 2.29. The lowest BCUT2D eigenvalue weighted by Gasteiger charge is -2.35. The van der Waals surface area contributed by atoms with Crippen LogP contribution in [0.3, 0.4) is 0 Å². The van der Waals surface area contributed by atoms with E-state index in [-0.39, 0.29) is 40.8 Å². The molecule has 1 unspecified atom stereocenters. The average Bonchev–Trinajstić information content (AvgIpc) is 2.98. The van der Waals surface area contributed by atoms with Crippen molar-refractivity contribution in [2.45, 2.75) is 51.4 Å². The lowest BCUT2D eigenvalue weighted by Crippen LogP contribution is -2.58. The summed E-state index contributed by atoms with van der Waals surface area (Å²) in [6.45, 7) is 5.73. The van der Waals surface area contributed by atoms with Crippen LogP contribution in [0.4, 0.5) is 10.5 Å². The van der Waals surface area contributed by atoms with Gasteiger partial charge in [0.15, 0.2) is 0 Å². The van der Waals surface area contributed by atoms with Crippen LogP contribution in [-0.4, -0.2) is 76.6 Å². The molecule has 0 aromatic heterocycles. The van der Waals surface area contributed by atoms with Crippen LogP contribution in [0.5, 0.6) is 0 Å². The zero-order chi connectivity index (χ0) is 25.7. The van der Waals surface area contributed by atoms with E-state index >= 15 is 0 Å². The van der Waals surface area contributed by atoms with Gasteiger partial charge in [-0.25, -0.2) is 4.79 Å². The zero-order valence-electron chi connectivity index (χ0n) is 19.3. The Morgan fingerprint density at radius 2 is 1.85 bits per heavy atom. The molecule has 3 amide bonds. The van der Waals surface area contributed by atoms with E-state index in [1.807, 2.05) is 0 Å². The smallest absolute Gasteiger partial charge is 0.414 e. The van der Waals surface area contributed by atoms with Gasteiger partial charge in [0.25, 0.3) is 11.8 Å². The number of halogens is 2. The summed E-state index contributed by atoms with van der Waals surface area (Å²) >= 11 is 12.1. The first-order chi connectivity index (χ1) is 15.8. The Labute approximate surface area is 208 Å². The fraction of sp³-hybridized carbons (Fsp3) is 0.545. The number of nitrogens with two attached hydrogens (primary N) is 1. The van der Waals surface area contributed by atoms with Gasteiger partial charge in [-0.15, -0.1) is 23.2 Å². The molecule has 10 nitrogen and oxygen atoms in total. The van der Waals surface area contributed by atoms with Gasteiger partial charge in [-0.2, -0.15) is 9.28 Å². The second-order valence-electron chi connectivity index (χ2n) is 8.91. The molecular weight excluding hydrogens is 489 g/mol. The number of nitrogens with zero attached hydrogens (tertiary/aromatic N) is 2. The highest BCUT2D eigenvalue weighted by molar-refractivity contribution is 6.19. The molecule has 2 rings (SSSR count). The van der Waals surface area contributed by atoms with Gasteiger partial charge < -0.3 is 20.4 Å². The van der Waals surface area contributed by atoms with Crippen molar-refractivity contribution in [3.63, 3.8) is 0 Å². The molecular formula is C22H30Cl2N3O7+. The molecule has 1 fully saturated rings. The first kappa shape index (κ1) is 28.0. The van der Waals surface area contributed by atoms with Crippen LogP contribution < -0.4 is 10.2 Å². The second kappa shape index (κ2) is 11.5. The Balaban J connectivity index is 2.26. The number of ether oxygens (including phenoxy) is 1. The monoisotopic (exact) mass is 518 g/mol. The van der Waals surface area contributed by atoms with Gasteiger partial charge in [-0.1, -0.05) is 17.2 Å². The number of hydroxylamine groups is 2. The number of alkyl halides is 2. The van der Waals surface area contributed by atoms with E-state index in [9.17, 15) is 24.3 Å². The van der Waals surface area contributed by atoms with Gasteiger partial charge in [0.2, 0.25) is 0 Å². The summed E-state index contributed by atoms with van der Waals surface area (Å²) in [5.74, 6) is -2.54. The Bertz CT molecular complexity index is 929. The van der Waals surface area contributed by atoms with E-state index in [1.165, 1.54) is 0 Å². The maximum Gasteiger partial charge on any atom is 0.521 e. The number of carbonyl (C=O) groups is 4. The van der Waals surface area contributed by atoms with Crippen molar-refractivity contribution in [1.29, 1.82) is 0 Å². The second-order valence-corrected chi connectivity index (χ2v) is 9.67. The Hall–Kier alpha value is -2.24. The number of carbonyl (C=O) groups excluding carboxylic acids is 4. The first-order valence-electron chi connectivity index (χ1n) is 10.7. The van der Waals surface area contributed by atoms with E-state index in [2.05, 4.69) is 0 Å². The van der Waals surface area contributed by atoms with Crippen LogP contribution in [0.2, 0.25) is 0 Å². The third-order valence-corrected chi connectivity index (χ3v) is 5.44. The van der Waals surface area contributed by atoms with Crippen molar-refractivity contribution >= 4 is 52.8 Å². The molecule has 1 aliphatic heterocycles. The molecule has 2 atom stereocenters. The molecule has 0 radical (unpaired) electrons. The Morgan fingerprint density at radius 1 is 1.24 bits per heavy atom. The number of aliphatic hydroxyl groups is 1. The number of rotatable bonds is 9. The minimum atomic E-state index is -1.55. The van der Waals surface area contributed by atoms with Gasteiger partial charge in [-0.3, -0.25) is 9.59 Å².